The SMILES string of the molecule is CC(C)(C)OCC(NC(=O)OC(C)(C)C)C(=O)Nc1ncc(Cl)cc1F. The number of carbonyl (C=O) groups is 2. The monoisotopic (exact) mass is 389 g/mol. The second-order valence-corrected chi connectivity index (χ2v) is 8.03. The van der Waals surface area contributed by atoms with E-state index in [0.717, 1.165) is 6.07 Å². The van der Waals surface area contributed by atoms with Gasteiger partial charge in [0.15, 0.2) is 11.6 Å². The van der Waals surface area contributed by atoms with Crippen LogP contribution < -0.4 is 10.6 Å². The first-order valence-electron chi connectivity index (χ1n) is 8.02. The van der Waals surface area contributed by atoms with Gasteiger partial charge in [0.05, 0.1) is 17.2 Å². The molecule has 0 saturated carbocycles. The van der Waals surface area contributed by atoms with Crippen molar-refractivity contribution in [2.45, 2.75) is 58.8 Å². The summed E-state index contributed by atoms with van der Waals surface area (Å²) in [5, 5.41) is 4.83. The molecular formula is C17H25ClFN3O4. The van der Waals surface area contributed by atoms with E-state index in [-0.39, 0.29) is 17.4 Å². The lowest BCUT2D eigenvalue weighted by Gasteiger charge is -2.26. The van der Waals surface area contributed by atoms with Crippen LogP contribution in [0.15, 0.2) is 12.3 Å². The van der Waals surface area contributed by atoms with Crippen LogP contribution in [0.4, 0.5) is 15.0 Å². The molecule has 0 aliphatic rings. The average Bonchev–Trinajstić information content (AvgIpc) is 2.43. The molecule has 2 N–H and O–H groups in total. The summed E-state index contributed by atoms with van der Waals surface area (Å²) in [5.41, 5.74) is -1.28. The van der Waals surface area contributed by atoms with Crippen LogP contribution in [0.2, 0.25) is 5.02 Å². The van der Waals surface area contributed by atoms with E-state index in [4.69, 9.17) is 21.1 Å². The molecule has 1 rings (SSSR count). The van der Waals surface area contributed by atoms with Crippen molar-refractivity contribution in [2.24, 2.45) is 0 Å². The fourth-order valence-electron chi connectivity index (χ4n) is 1.68. The third-order valence-corrected chi connectivity index (χ3v) is 2.95. The van der Waals surface area contributed by atoms with Gasteiger partial charge in [0.1, 0.15) is 11.6 Å². The number of nitrogens with zero attached hydrogens (tertiary/aromatic N) is 1. The van der Waals surface area contributed by atoms with Crippen molar-refractivity contribution < 1.29 is 23.5 Å². The summed E-state index contributed by atoms with van der Waals surface area (Å²) in [5.74, 6) is -1.79. The highest BCUT2D eigenvalue weighted by Gasteiger charge is 2.27. The Bertz CT molecular complexity index is 656. The van der Waals surface area contributed by atoms with Crippen LogP contribution in [0.1, 0.15) is 41.5 Å². The molecule has 1 heterocycles. The van der Waals surface area contributed by atoms with Crippen molar-refractivity contribution in [3.8, 4) is 0 Å². The Morgan fingerprint density at radius 2 is 1.85 bits per heavy atom. The summed E-state index contributed by atoms with van der Waals surface area (Å²) in [7, 11) is 0. The standard InChI is InChI=1S/C17H25ClFN3O4/c1-16(2,3)25-9-12(21-15(24)26-17(4,5)6)14(23)22-13-11(19)7-10(18)8-20-13/h7-8,12H,9H2,1-6H3,(H,21,24)(H,20,22,23). The van der Waals surface area contributed by atoms with Crippen molar-refractivity contribution in [2.75, 3.05) is 11.9 Å². The summed E-state index contributed by atoms with van der Waals surface area (Å²) >= 11 is 5.64. The molecule has 146 valence electrons. The van der Waals surface area contributed by atoms with Crippen LogP contribution >= 0.6 is 11.6 Å². The first-order chi connectivity index (χ1) is 11.8. The lowest BCUT2D eigenvalue weighted by molar-refractivity contribution is -0.121. The van der Waals surface area contributed by atoms with Gasteiger partial charge in [-0.2, -0.15) is 0 Å². The molecule has 0 saturated heterocycles. The van der Waals surface area contributed by atoms with Gasteiger partial charge in [-0.3, -0.25) is 4.79 Å². The molecule has 1 aromatic rings. The Balaban J connectivity index is 2.87. The number of nitrogens with one attached hydrogen (secondary N) is 2. The molecule has 2 amide bonds. The number of ether oxygens (including phenoxy) is 2. The number of amides is 2. The lowest BCUT2D eigenvalue weighted by Crippen LogP contribution is -2.49. The molecule has 7 nitrogen and oxygen atoms in total. The maximum absolute atomic E-state index is 13.8. The molecular weight excluding hydrogens is 365 g/mol. The van der Waals surface area contributed by atoms with Crippen LogP contribution in [-0.4, -0.2) is 40.8 Å². The Hall–Kier alpha value is -1.93. The zero-order valence-electron chi connectivity index (χ0n) is 15.8. The molecule has 0 aromatic carbocycles. The second kappa shape index (κ2) is 8.64. The van der Waals surface area contributed by atoms with Crippen LogP contribution in [-0.2, 0) is 14.3 Å². The molecule has 0 fully saturated rings. The largest absolute Gasteiger partial charge is 0.444 e. The number of pyridine rings is 1. The fourth-order valence-corrected chi connectivity index (χ4v) is 1.82. The number of anilines is 1. The average molecular weight is 390 g/mol. The summed E-state index contributed by atoms with van der Waals surface area (Å²) in [4.78, 5) is 28.2. The molecule has 1 atom stereocenters. The van der Waals surface area contributed by atoms with Gasteiger partial charge in [-0.15, -0.1) is 0 Å². The van der Waals surface area contributed by atoms with Crippen molar-refractivity contribution in [1.82, 2.24) is 10.3 Å². The highest BCUT2D eigenvalue weighted by molar-refractivity contribution is 6.30. The van der Waals surface area contributed by atoms with E-state index in [1.165, 1.54) is 6.20 Å². The van der Waals surface area contributed by atoms with E-state index in [1.807, 2.05) is 0 Å². The molecule has 9 heteroatoms. The maximum atomic E-state index is 13.8. The minimum absolute atomic E-state index is 0.0972. The molecule has 0 spiro atoms. The molecule has 0 radical (unpaired) electrons. The van der Waals surface area contributed by atoms with E-state index in [1.54, 1.807) is 41.5 Å². The van der Waals surface area contributed by atoms with Crippen LogP contribution in [0.25, 0.3) is 0 Å². The van der Waals surface area contributed by atoms with Gasteiger partial charge in [-0.1, -0.05) is 11.6 Å². The molecule has 1 unspecified atom stereocenters. The Kier molecular flexibility index (Phi) is 7.35. The summed E-state index contributed by atoms with van der Waals surface area (Å²) in [6, 6.07) is -0.0903. The topological polar surface area (TPSA) is 89.5 Å². The molecule has 26 heavy (non-hydrogen) atoms. The predicted octanol–water partition coefficient (Wildman–Crippen LogP) is 3.52. The van der Waals surface area contributed by atoms with Gasteiger partial charge in [0.2, 0.25) is 0 Å². The van der Waals surface area contributed by atoms with E-state index in [9.17, 15) is 14.0 Å². The minimum Gasteiger partial charge on any atom is -0.444 e. The van der Waals surface area contributed by atoms with Crippen LogP contribution in [0.3, 0.4) is 0 Å². The zero-order valence-corrected chi connectivity index (χ0v) is 16.5. The van der Waals surface area contributed by atoms with Crippen LogP contribution in [0, 0.1) is 5.82 Å². The first kappa shape index (κ1) is 22.1. The number of carbonyl (C=O) groups excluding carboxylic acids is 2. The van der Waals surface area contributed by atoms with Gasteiger partial charge in [-0.05, 0) is 47.6 Å². The molecule has 0 aliphatic heterocycles. The quantitative estimate of drug-likeness (QED) is 0.804. The van der Waals surface area contributed by atoms with E-state index >= 15 is 0 Å². The number of aromatic nitrogens is 1. The number of alkyl carbamates (subject to hydrolysis) is 1. The van der Waals surface area contributed by atoms with Gasteiger partial charge in [-0.25, -0.2) is 14.2 Å². The van der Waals surface area contributed by atoms with Crippen molar-refractivity contribution in [3.63, 3.8) is 0 Å². The number of hydrogen-bond donors (Lipinski definition) is 2. The Labute approximate surface area is 157 Å². The maximum Gasteiger partial charge on any atom is 0.408 e. The van der Waals surface area contributed by atoms with E-state index in [0.29, 0.717) is 0 Å². The third-order valence-electron chi connectivity index (χ3n) is 2.74. The predicted molar refractivity (Wildman–Crippen MR) is 96.7 cm³/mol. The van der Waals surface area contributed by atoms with E-state index in [2.05, 4.69) is 15.6 Å². The molecule has 0 bridgehead atoms. The Morgan fingerprint density at radius 3 is 2.35 bits per heavy atom. The first-order valence-corrected chi connectivity index (χ1v) is 8.40. The third kappa shape index (κ3) is 8.44. The molecule has 1 aromatic heterocycles. The highest BCUT2D eigenvalue weighted by atomic mass is 35.5. The van der Waals surface area contributed by atoms with Crippen molar-refractivity contribution in [3.05, 3.63) is 23.1 Å². The number of hydrogen-bond acceptors (Lipinski definition) is 5. The van der Waals surface area contributed by atoms with Gasteiger partial charge >= 0.3 is 6.09 Å². The van der Waals surface area contributed by atoms with Crippen molar-refractivity contribution >= 4 is 29.4 Å². The van der Waals surface area contributed by atoms with E-state index < -0.39 is 35.1 Å². The fraction of sp³-hybridized carbons (Fsp3) is 0.588. The normalized spacial score (nSPS) is 13.1. The van der Waals surface area contributed by atoms with Gasteiger partial charge in [0, 0.05) is 6.20 Å². The Morgan fingerprint density at radius 1 is 1.23 bits per heavy atom. The highest BCUT2D eigenvalue weighted by Crippen LogP contribution is 2.16. The zero-order chi connectivity index (χ0) is 20.1. The second-order valence-electron chi connectivity index (χ2n) is 7.60. The number of rotatable bonds is 5. The summed E-state index contributed by atoms with van der Waals surface area (Å²) in [6.45, 7) is 10.4. The summed E-state index contributed by atoms with van der Waals surface area (Å²) in [6.07, 6.45) is 0.405. The molecule has 0 aliphatic carbocycles. The summed E-state index contributed by atoms with van der Waals surface area (Å²) < 4.78 is 24.5. The minimum atomic E-state index is -1.11. The lowest BCUT2D eigenvalue weighted by atomic mass is 10.2. The number of halogens is 2. The van der Waals surface area contributed by atoms with Crippen LogP contribution in [0.5, 0.6) is 0 Å². The van der Waals surface area contributed by atoms with Gasteiger partial charge < -0.3 is 20.1 Å². The van der Waals surface area contributed by atoms with Crippen molar-refractivity contribution in [1.29, 1.82) is 0 Å². The smallest absolute Gasteiger partial charge is 0.408 e. The van der Waals surface area contributed by atoms with Gasteiger partial charge in [0.25, 0.3) is 5.91 Å².